The largest absolute Gasteiger partial charge is 0.271 e. The van der Waals surface area contributed by atoms with Crippen LogP contribution in [0.15, 0.2) is 35.6 Å². The monoisotopic (exact) mass is 310 g/mol. The second kappa shape index (κ2) is 5.32. The van der Waals surface area contributed by atoms with Gasteiger partial charge in [0, 0.05) is 6.54 Å². The zero-order valence-corrected chi connectivity index (χ0v) is 12.2. The minimum Gasteiger partial charge on any atom is -0.271 e. The fourth-order valence-electron chi connectivity index (χ4n) is 1.96. The Hall–Kier alpha value is -1.76. The topological polar surface area (TPSA) is 57.5 Å². The number of nitrogens with one attached hydrogen (secondary N) is 2. The van der Waals surface area contributed by atoms with Crippen molar-refractivity contribution in [3.8, 4) is 5.69 Å². The summed E-state index contributed by atoms with van der Waals surface area (Å²) in [7, 11) is 0. The van der Waals surface area contributed by atoms with Crippen molar-refractivity contribution in [2.24, 2.45) is 5.10 Å². The number of aromatic nitrogens is 2. The van der Waals surface area contributed by atoms with E-state index in [1.807, 2.05) is 30.1 Å². The summed E-state index contributed by atoms with van der Waals surface area (Å²) in [5.74, 6) is 0.691. The average Bonchev–Trinajstić information content (AvgIpc) is 3.05. The fourth-order valence-corrected chi connectivity index (χ4v) is 2.44. The van der Waals surface area contributed by atoms with Gasteiger partial charge < -0.3 is 0 Å². The highest BCUT2D eigenvalue weighted by Gasteiger charge is 2.23. The molecule has 0 spiro atoms. The molecule has 1 aliphatic heterocycles. The first-order chi connectivity index (χ1) is 9.72. The van der Waals surface area contributed by atoms with E-state index in [2.05, 4.69) is 21.3 Å². The normalized spacial score (nSPS) is 14.3. The molecule has 0 amide bonds. The lowest BCUT2D eigenvalue weighted by atomic mass is 10.3. The van der Waals surface area contributed by atoms with Crippen molar-refractivity contribution in [2.75, 3.05) is 6.54 Å². The molecule has 0 saturated carbocycles. The van der Waals surface area contributed by atoms with E-state index in [1.165, 1.54) is 0 Å². The van der Waals surface area contributed by atoms with E-state index in [0.29, 0.717) is 16.0 Å². The SMILES string of the molecule is CCN1NNN=C1c1cnn(-c2ccccc2Cl)c1Cl. The van der Waals surface area contributed by atoms with Crippen LogP contribution in [0.25, 0.3) is 5.69 Å². The predicted octanol–water partition coefficient (Wildman–Crippen LogP) is 2.19. The molecule has 0 radical (unpaired) electrons. The van der Waals surface area contributed by atoms with Crippen molar-refractivity contribution < 1.29 is 0 Å². The van der Waals surface area contributed by atoms with Crippen LogP contribution in [-0.2, 0) is 0 Å². The molecule has 8 heteroatoms. The van der Waals surface area contributed by atoms with Gasteiger partial charge in [0.05, 0.1) is 22.5 Å². The molecule has 1 aromatic heterocycles. The first kappa shape index (κ1) is 13.2. The van der Waals surface area contributed by atoms with E-state index in [9.17, 15) is 0 Å². The highest BCUT2D eigenvalue weighted by Crippen LogP contribution is 2.26. The van der Waals surface area contributed by atoms with Crippen LogP contribution in [0.3, 0.4) is 0 Å². The number of para-hydroxylation sites is 1. The first-order valence-corrected chi connectivity index (χ1v) is 6.82. The van der Waals surface area contributed by atoms with Gasteiger partial charge in [0.1, 0.15) is 5.15 Å². The summed E-state index contributed by atoms with van der Waals surface area (Å²) in [4.78, 5) is 0. The summed E-state index contributed by atoms with van der Waals surface area (Å²) >= 11 is 12.6. The van der Waals surface area contributed by atoms with Crippen molar-refractivity contribution >= 4 is 29.0 Å². The minimum atomic E-state index is 0.459. The van der Waals surface area contributed by atoms with Crippen LogP contribution in [0.4, 0.5) is 0 Å². The Balaban J connectivity index is 2.04. The standard InChI is InChI=1S/C12H12Cl2N6/c1-2-19-12(16-17-18-19)8-7-15-20(11(8)14)10-6-4-3-5-9(10)13/h3-7,17-18H,2H2,1H3. The summed E-state index contributed by atoms with van der Waals surface area (Å²) in [5.41, 5.74) is 7.06. The molecule has 20 heavy (non-hydrogen) atoms. The molecular weight excluding hydrogens is 299 g/mol. The summed E-state index contributed by atoms with van der Waals surface area (Å²) < 4.78 is 1.59. The molecule has 0 aliphatic carbocycles. The Morgan fingerprint density at radius 3 is 2.80 bits per heavy atom. The van der Waals surface area contributed by atoms with Gasteiger partial charge >= 0.3 is 0 Å². The molecule has 6 nitrogen and oxygen atoms in total. The lowest BCUT2D eigenvalue weighted by Gasteiger charge is -2.15. The Bertz CT molecular complexity index is 666. The van der Waals surface area contributed by atoms with Gasteiger partial charge in [0.2, 0.25) is 0 Å². The highest BCUT2D eigenvalue weighted by atomic mass is 35.5. The van der Waals surface area contributed by atoms with Crippen molar-refractivity contribution in [2.45, 2.75) is 6.92 Å². The Morgan fingerprint density at radius 2 is 2.05 bits per heavy atom. The number of nitrogens with zero attached hydrogens (tertiary/aromatic N) is 4. The van der Waals surface area contributed by atoms with Crippen LogP contribution in [0.5, 0.6) is 0 Å². The van der Waals surface area contributed by atoms with Gasteiger partial charge in [-0.1, -0.05) is 35.3 Å². The van der Waals surface area contributed by atoms with Gasteiger partial charge in [-0.15, -0.1) is 10.6 Å². The Labute approximate surface area is 125 Å². The molecular formula is C12H12Cl2N6. The lowest BCUT2D eigenvalue weighted by Crippen LogP contribution is -2.40. The Kier molecular flexibility index (Phi) is 3.52. The number of rotatable bonds is 3. The van der Waals surface area contributed by atoms with Crippen molar-refractivity contribution in [1.82, 2.24) is 25.9 Å². The summed E-state index contributed by atoms with van der Waals surface area (Å²) in [6.45, 7) is 2.74. The number of benzene rings is 1. The molecule has 1 aliphatic rings. The third-order valence-corrected chi connectivity index (χ3v) is 3.63. The van der Waals surface area contributed by atoms with Gasteiger partial charge in [-0.2, -0.15) is 5.10 Å². The van der Waals surface area contributed by atoms with E-state index >= 15 is 0 Å². The molecule has 2 heterocycles. The molecule has 2 aromatic rings. The third-order valence-electron chi connectivity index (χ3n) is 2.95. The smallest absolute Gasteiger partial charge is 0.177 e. The maximum atomic E-state index is 6.41. The quantitative estimate of drug-likeness (QED) is 0.912. The van der Waals surface area contributed by atoms with Gasteiger partial charge in [0.15, 0.2) is 5.84 Å². The van der Waals surface area contributed by atoms with Crippen LogP contribution < -0.4 is 11.1 Å². The number of hydrogen-bond acceptors (Lipinski definition) is 5. The molecule has 3 rings (SSSR count). The van der Waals surface area contributed by atoms with Crippen molar-refractivity contribution in [1.29, 1.82) is 0 Å². The number of amidine groups is 1. The highest BCUT2D eigenvalue weighted by molar-refractivity contribution is 6.34. The fraction of sp³-hybridized carbons (Fsp3) is 0.167. The second-order valence-corrected chi connectivity index (χ2v) is 4.88. The number of hydrogen-bond donors (Lipinski definition) is 2. The molecule has 0 bridgehead atoms. The van der Waals surface area contributed by atoms with E-state index in [-0.39, 0.29) is 0 Å². The van der Waals surface area contributed by atoms with Crippen LogP contribution in [0.2, 0.25) is 10.2 Å². The summed E-state index contributed by atoms with van der Waals surface area (Å²) in [6.07, 6.45) is 1.67. The number of hydrazone groups is 1. The van der Waals surface area contributed by atoms with Crippen LogP contribution >= 0.6 is 23.2 Å². The van der Waals surface area contributed by atoms with Crippen LogP contribution in [0, 0.1) is 0 Å². The van der Waals surface area contributed by atoms with Gasteiger partial charge in [-0.25, -0.2) is 10.2 Å². The molecule has 104 valence electrons. The minimum absolute atomic E-state index is 0.459. The van der Waals surface area contributed by atoms with Gasteiger partial charge in [-0.05, 0) is 19.1 Å². The maximum Gasteiger partial charge on any atom is 0.177 e. The zero-order valence-electron chi connectivity index (χ0n) is 10.6. The van der Waals surface area contributed by atoms with Crippen LogP contribution in [-0.4, -0.2) is 27.2 Å². The number of hydrazine groups is 2. The Morgan fingerprint density at radius 1 is 1.25 bits per heavy atom. The van der Waals surface area contributed by atoms with E-state index < -0.39 is 0 Å². The van der Waals surface area contributed by atoms with Crippen LogP contribution in [0.1, 0.15) is 12.5 Å². The zero-order chi connectivity index (χ0) is 14.1. The first-order valence-electron chi connectivity index (χ1n) is 6.07. The van der Waals surface area contributed by atoms with Gasteiger partial charge in [-0.3, -0.25) is 5.01 Å². The summed E-state index contributed by atoms with van der Waals surface area (Å²) in [6, 6.07) is 7.39. The molecule has 1 aromatic carbocycles. The molecule has 0 fully saturated rings. The second-order valence-electron chi connectivity index (χ2n) is 4.12. The van der Waals surface area contributed by atoms with E-state index in [0.717, 1.165) is 17.8 Å². The summed E-state index contributed by atoms with van der Waals surface area (Å²) in [5, 5.41) is 11.3. The molecule has 0 saturated heterocycles. The predicted molar refractivity (Wildman–Crippen MR) is 78.8 cm³/mol. The van der Waals surface area contributed by atoms with Crippen molar-refractivity contribution in [3.05, 3.63) is 46.2 Å². The lowest BCUT2D eigenvalue weighted by molar-refractivity contribution is 0.308. The maximum absolute atomic E-state index is 6.41. The molecule has 0 atom stereocenters. The number of halogens is 2. The van der Waals surface area contributed by atoms with Crippen molar-refractivity contribution in [3.63, 3.8) is 0 Å². The third kappa shape index (κ3) is 2.11. The molecule has 2 N–H and O–H groups in total. The van der Waals surface area contributed by atoms with E-state index in [1.54, 1.807) is 16.9 Å². The van der Waals surface area contributed by atoms with E-state index in [4.69, 9.17) is 23.2 Å². The van der Waals surface area contributed by atoms with Gasteiger partial charge in [0.25, 0.3) is 0 Å². The molecule has 0 unspecified atom stereocenters. The average molecular weight is 311 g/mol.